The molecule has 0 N–H and O–H groups in total. The molecule has 0 radical (unpaired) electrons. The van der Waals surface area contributed by atoms with Gasteiger partial charge < -0.3 is 0 Å². The third-order valence-corrected chi connectivity index (χ3v) is 2.50. The van der Waals surface area contributed by atoms with Crippen LogP contribution in [0.15, 0.2) is 0 Å². The van der Waals surface area contributed by atoms with Crippen molar-refractivity contribution in [2.75, 3.05) is 0 Å². The van der Waals surface area contributed by atoms with Crippen LogP contribution < -0.4 is 0 Å². The molecule has 0 aromatic carbocycles. The van der Waals surface area contributed by atoms with Crippen molar-refractivity contribution in [3.63, 3.8) is 0 Å². The molecule has 0 rings (SSSR count). The highest BCUT2D eigenvalue weighted by atomic mass is 79.9. The fourth-order valence-corrected chi connectivity index (χ4v) is 1.65. The molecule has 0 saturated carbocycles. The average molecular weight is 308 g/mol. The van der Waals surface area contributed by atoms with E-state index in [9.17, 15) is 8.78 Å². The molecule has 0 amide bonds. The van der Waals surface area contributed by atoms with Gasteiger partial charge in [-0.25, -0.2) is 8.78 Å². The second-order valence-electron chi connectivity index (χ2n) is 2.89. The number of alkyl halides is 4. The molecule has 0 heterocycles. The summed E-state index contributed by atoms with van der Waals surface area (Å²) in [6.07, 6.45) is 1.89. The first-order valence-corrected chi connectivity index (χ1v) is 5.97. The van der Waals surface area contributed by atoms with Crippen LogP contribution in [-0.2, 0) is 0 Å². The second kappa shape index (κ2) is 6.30. The minimum Gasteiger partial charge on any atom is -0.207 e. The molecule has 0 aliphatic rings. The average Bonchev–Trinajstić information content (AvgIpc) is 1.85. The van der Waals surface area contributed by atoms with Crippen molar-refractivity contribution in [1.29, 1.82) is 0 Å². The first-order valence-electron chi connectivity index (χ1n) is 4.14. The largest absolute Gasteiger partial charge is 0.248 e. The predicted molar refractivity (Wildman–Crippen MR) is 55.3 cm³/mol. The molecule has 0 spiro atoms. The standard InChI is InChI=1S/C8H14Br2F2/c1-2-5-8(11,12)6-3-4-7(9)10/h7H,2-6H2,1H3. The molecular weight excluding hydrogens is 294 g/mol. The van der Waals surface area contributed by atoms with E-state index in [1.165, 1.54) is 0 Å². The summed E-state index contributed by atoms with van der Waals surface area (Å²) in [5.41, 5.74) is 0. The normalized spacial score (nSPS) is 12.5. The Hall–Kier alpha value is 0.820. The maximum atomic E-state index is 12.8. The summed E-state index contributed by atoms with van der Waals surface area (Å²) >= 11 is 6.51. The molecule has 0 aromatic heterocycles. The van der Waals surface area contributed by atoms with Crippen LogP contribution in [0.5, 0.6) is 0 Å². The summed E-state index contributed by atoms with van der Waals surface area (Å²) in [7, 11) is 0. The quantitative estimate of drug-likeness (QED) is 0.624. The van der Waals surface area contributed by atoms with Gasteiger partial charge in [-0.05, 0) is 12.8 Å². The highest BCUT2D eigenvalue weighted by Gasteiger charge is 2.26. The third kappa shape index (κ3) is 7.47. The van der Waals surface area contributed by atoms with E-state index in [1.807, 2.05) is 0 Å². The minimum absolute atomic E-state index is 0.00847. The van der Waals surface area contributed by atoms with Gasteiger partial charge in [-0.1, -0.05) is 45.2 Å². The topological polar surface area (TPSA) is 0 Å². The molecule has 0 aliphatic heterocycles. The van der Waals surface area contributed by atoms with Crippen molar-refractivity contribution >= 4 is 31.9 Å². The van der Waals surface area contributed by atoms with Crippen LogP contribution in [0.3, 0.4) is 0 Å². The molecule has 4 heteroatoms. The lowest BCUT2D eigenvalue weighted by Crippen LogP contribution is -2.15. The van der Waals surface area contributed by atoms with Crippen LogP contribution >= 0.6 is 31.9 Å². The van der Waals surface area contributed by atoms with Crippen molar-refractivity contribution < 1.29 is 8.78 Å². The Morgan fingerprint density at radius 1 is 1.25 bits per heavy atom. The Morgan fingerprint density at radius 2 is 1.83 bits per heavy atom. The van der Waals surface area contributed by atoms with E-state index in [-0.39, 0.29) is 16.6 Å². The van der Waals surface area contributed by atoms with E-state index in [4.69, 9.17) is 0 Å². The molecule has 0 saturated heterocycles. The van der Waals surface area contributed by atoms with E-state index in [0.717, 1.165) is 6.42 Å². The fraction of sp³-hybridized carbons (Fsp3) is 1.00. The predicted octanol–water partition coefficient (Wildman–Crippen LogP) is 4.71. The summed E-state index contributed by atoms with van der Waals surface area (Å²) in [5.74, 6) is -2.45. The van der Waals surface area contributed by atoms with Gasteiger partial charge in [0.2, 0.25) is 5.92 Å². The first-order chi connectivity index (χ1) is 5.48. The van der Waals surface area contributed by atoms with E-state index in [2.05, 4.69) is 31.9 Å². The van der Waals surface area contributed by atoms with Gasteiger partial charge in [0.15, 0.2) is 0 Å². The van der Waals surface area contributed by atoms with Crippen molar-refractivity contribution in [3.05, 3.63) is 0 Å². The molecule has 74 valence electrons. The zero-order valence-corrected chi connectivity index (χ0v) is 10.3. The molecule has 0 aliphatic carbocycles. The highest BCUT2D eigenvalue weighted by molar-refractivity contribution is 9.24. The van der Waals surface area contributed by atoms with Crippen LogP contribution in [0, 0.1) is 0 Å². The van der Waals surface area contributed by atoms with E-state index < -0.39 is 5.92 Å². The molecule has 0 unspecified atom stereocenters. The van der Waals surface area contributed by atoms with Gasteiger partial charge in [-0.15, -0.1) is 0 Å². The Bertz CT molecular complexity index is 116. The third-order valence-electron chi connectivity index (χ3n) is 1.58. The Labute approximate surface area is 89.4 Å². The number of hydrogen-bond acceptors (Lipinski definition) is 0. The molecule has 0 fully saturated rings. The number of rotatable bonds is 6. The van der Waals surface area contributed by atoms with Crippen molar-refractivity contribution in [2.24, 2.45) is 0 Å². The van der Waals surface area contributed by atoms with Crippen LogP contribution in [0.4, 0.5) is 8.78 Å². The van der Waals surface area contributed by atoms with Crippen molar-refractivity contribution in [3.8, 4) is 0 Å². The van der Waals surface area contributed by atoms with Gasteiger partial charge in [-0.3, -0.25) is 0 Å². The smallest absolute Gasteiger partial charge is 0.207 e. The molecule has 0 nitrogen and oxygen atoms in total. The van der Waals surface area contributed by atoms with E-state index in [0.29, 0.717) is 12.8 Å². The summed E-state index contributed by atoms with van der Waals surface area (Å²) in [4.78, 5) is 0. The van der Waals surface area contributed by atoms with Crippen LogP contribution in [0.25, 0.3) is 0 Å². The molecule has 0 atom stereocenters. The van der Waals surface area contributed by atoms with Gasteiger partial charge in [0.1, 0.15) is 0 Å². The maximum absolute atomic E-state index is 12.8. The summed E-state index contributed by atoms with van der Waals surface area (Å²) in [6.45, 7) is 1.78. The molecule has 12 heavy (non-hydrogen) atoms. The lowest BCUT2D eigenvalue weighted by Gasteiger charge is -2.14. The summed E-state index contributed by atoms with van der Waals surface area (Å²) in [6, 6.07) is 0. The van der Waals surface area contributed by atoms with Crippen LogP contribution in [-0.4, -0.2) is 9.66 Å². The second-order valence-corrected chi connectivity index (χ2v) is 6.33. The van der Waals surface area contributed by atoms with Gasteiger partial charge in [0.05, 0.1) is 3.74 Å². The highest BCUT2D eigenvalue weighted by Crippen LogP contribution is 2.28. The molecule has 0 aromatic rings. The fourth-order valence-electron chi connectivity index (χ4n) is 1.01. The summed E-state index contributed by atoms with van der Waals surface area (Å²) < 4.78 is 25.9. The molecule has 0 bridgehead atoms. The zero-order valence-electron chi connectivity index (χ0n) is 7.12. The number of halogens is 4. The maximum Gasteiger partial charge on any atom is 0.248 e. The van der Waals surface area contributed by atoms with E-state index >= 15 is 0 Å². The number of hydrogen-bond donors (Lipinski definition) is 0. The van der Waals surface area contributed by atoms with Crippen molar-refractivity contribution in [2.45, 2.75) is 48.7 Å². The zero-order chi connectivity index (χ0) is 9.61. The Balaban J connectivity index is 3.46. The lowest BCUT2D eigenvalue weighted by molar-refractivity contribution is -0.0186. The molecular formula is C8H14Br2F2. The summed E-state index contributed by atoms with van der Waals surface area (Å²) in [5, 5.41) is 0. The SMILES string of the molecule is CCCC(F)(F)CCCC(Br)Br. The van der Waals surface area contributed by atoms with Crippen LogP contribution in [0.1, 0.15) is 39.0 Å². The van der Waals surface area contributed by atoms with Crippen molar-refractivity contribution in [1.82, 2.24) is 0 Å². The van der Waals surface area contributed by atoms with Gasteiger partial charge in [-0.2, -0.15) is 0 Å². The first kappa shape index (κ1) is 12.8. The monoisotopic (exact) mass is 306 g/mol. The Morgan fingerprint density at radius 3 is 2.25 bits per heavy atom. The van der Waals surface area contributed by atoms with Gasteiger partial charge >= 0.3 is 0 Å². The van der Waals surface area contributed by atoms with Crippen LogP contribution in [0.2, 0.25) is 0 Å². The van der Waals surface area contributed by atoms with Gasteiger partial charge in [0, 0.05) is 12.8 Å². The van der Waals surface area contributed by atoms with E-state index in [1.54, 1.807) is 6.92 Å². The Kier molecular flexibility index (Phi) is 6.73. The minimum atomic E-state index is -2.45. The van der Waals surface area contributed by atoms with Gasteiger partial charge in [0.25, 0.3) is 0 Å². The lowest BCUT2D eigenvalue weighted by atomic mass is 10.1.